The van der Waals surface area contributed by atoms with Gasteiger partial charge in [-0.25, -0.2) is 0 Å². The third-order valence-corrected chi connectivity index (χ3v) is 8.62. The van der Waals surface area contributed by atoms with Gasteiger partial charge in [0.05, 0.1) is 0 Å². The van der Waals surface area contributed by atoms with E-state index in [2.05, 4.69) is 137 Å². The molecular weight excluding hydrogens is 585 g/mol. The van der Waals surface area contributed by atoms with Gasteiger partial charge in [0, 0.05) is 29.5 Å². The molecule has 8 rings (SSSR count). The van der Waals surface area contributed by atoms with E-state index in [0.29, 0.717) is 0 Å². The highest BCUT2D eigenvalue weighted by atomic mass is 16.5. The Hall–Kier alpha value is -6.45. The van der Waals surface area contributed by atoms with Crippen LogP contribution in [-0.2, 0) is 0 Å². The second kappa shape index (κ2) is 13.1. The standard InChI is InChI=1S/C45H32N2O/c1-3-7-33(8-4-1)38-13-11-36-12-14-39(32-40(36)31-38)35-17-21-42(22-18-35)47(41-19-15-34(16-20-41)37-27-29-46-30-28-37)43-23-25-45(26-24-43)48-44-9-5-2-6-10-44/h1-32H. The highest BCUT2D eigenvalue weighted by Gasteiger charge is 2.14. The maximum atomic E-state index is 6.09. The largest absolute Gasteiger partial charge is 0.457 e. The number of anilines is 3. The van der Waals surface area contributed by atoms with Gasteiger partial charge in [0.2, 0.25) is 0 Å². The Balaban J connectivity index is 1.12. The molecule has 7 aromatic carbocycles. The quantitative estimate of drug-likeness (QED) is 0.170. The van der Waals surface area contributed by atoms with Crippen LogP contribution in [0.4, 0.5) is 17.1 Å². The lowest BCUT2D eigenvalue weighted by atomic mass is 9.97. The topological polar surface area (TPSA) is 25.4 Å². The molecule has 3 heteroatoms. The van der Waals surface area contributed by atoms with Crippen LogP contribution in [0.3, 0.4) is 0 Å². The van der Waals surface area contributed by atoms with Crippen LogP contribution in [0.5, 0.6) is 11.5 Å². The Bertz CT molecular complexity index is 2270. The van der Waals surface area contributed by atoms with Crippen LogP contribution in [0.1, 0.15) is 0 Å². The van der Waals surface area contributed by atoms with Gasteiger partial charge in [0.25, 0.3) is 0 Å². The molecular formula is C45H32N2O. The lowest BCUT2D eigenvalue weighted by Crippen LogP contribution is -2.09. The van der Waals surface area contributed by atoms with Crippen molar-refractivity contribution in [3.63, 3.8) is 0 Å². The Morgan fingerprint density at radius 3 is 1.31 bits per heavy atom. The predicted octanol–water partition coefficient (Wildman–Crippen LogP) is 12.5. The third kappa shape index (κ3) is 6.18. The zero-order chi connectivity index (χ0) is 32.1. The molecule has 0 atom stereocenters. The SMILES string of the molecule is c1ccc(Oc2ccc(N(c3ccc(-c4ccncc4)cc3)c3ccc(-c4ccc5ccc(-c6ccccc6)cc5c4)cc3)cc2)cc1. The smallest absolute Gasteiger partial charge is 0.127 e. The molecule has 0 N–H and O–H groups in total. The summed E-state index contributed by atoms with van der Waals surface area (Å²) in [5, 5.41) is 2.46. The van der Waals surface area contributed by atoms with Crippen molar-refractivity contribution in [1.29, 1.82) is 0 Å². The predicted molar refractivity (Wildman–Crippen MR) is 199 cm³/mol. The van der Waals surface area contributed by atoms with Crippen LogP contribution in [0.25, 0.3) is 44.2 Å². The summed E-state index contributed by atoms with van der Waals surface area (Å²) in [4.78, 5) is 6.45. The lowest BCUT2D eigenvalue weighted by Gasteiger charge is -2.26. The number of rotatable bonds is 8. The zero-order valence-electron chi connectivity index (χ0n) is 26.3. The van der Waals surface area contributed by atoms with Gasteiger partial charge in [-0.3, -0.25) is 4.98 Å². The number of hydrogen-bond acceptors (Lipinski definition) is 3. The van der Waals surface area contributed by atoms with Crippen LogP contribution < -0.4 is 9.64 Å². The molecule has 0 radical (unpaired) electrons. The summed E-state index contributed by atoms with van der Waals surface area (Å²) in [5.41, 5.74) is 10.3. The van der Waals surface area contributed by atoms with Crippen molar-refractivity contribution in [2.24, 2.45) is 0 Å². The second-order valence-electron chi connectivity index (χ2n) is 11.7. The van der Waals surface area contributed by atoms with E-state index in [0.717, 1.165) is 39.7 Å². The number of aromatic nitrogens is 1. The van der Waals surface area contributed by atoms with E-state index >= 15 is 0 Å². The Kier molecular flexibility index (Phi) is 7.92. The van der Waals surface area contributed by atoms with Crippen molar-refractivity contribution in [3.05, 3.63) is 194 Å². The van der Waals surface area contributed by atoms with E-state index in [1.165, 1.54) is 33.0 Å². The molecule has 48 heavy (non-hydrogen) atoms. The number of benzene rings is 7. The minimum absolute atomic E-state index is 0.792. The van der Waals surface area contributed by atoms with Crippen LogP contribution in [-0.4, -0.2) is 4.98 Å². The van der Waals surface area contributed by atoms with Gasteiger partial charge in [-0.15, -0.1) is 0 Å². The summed E-state index contributed by atoms with van der Waals surface area (Å²) in [6.07, 6.45) is 3.65. The molecule has 3 nitrogen and oxygen atoms in total. The molecule has 8 aromatic rings. The average Bonchev–Trinajstić information content (AvgIpc) is 3.17. The lowest BCUT2D eigenvalue weighted by molar-refractivity contribution is 0.483. The van der Waals surface area contributed by atoms with E-state index in [9.17, 15) is 0 Å². The summed E-state index contributed by atoms with van der Waals surface area (Å²) in [6.45, 7) is 0. The number of hydrogen-bond donors (Lipinski definition) is 0. The molecule has 1 heterocycles. The van der Waals surface area contributed by atoms with Gasteiger partial charge < -0.3 is 9.64 Å². The molecule has 0 aliphatic heterocycles. The van der Waals surface area contributed by atoms with Crippen molar-refractivity contribution in [1.82, 2.24) is 4.98 Å². The van der Waals surface area contributed by atoms with Gasteiger partial charge in [-0.2, -0.15) is 0 Å². The fourth-order valence-electron chi connectivity index (χ4n) is 6.12. The van der Waals surface area contributed by atoms with Gasteiger partial charge in [0.1, 0.15) is 11.5 Å². The van der Waals surface area contributed by atoms with Crippen molar-refractivity contribution in [2.75, 3.05) is 4.90 Å². The minimum atomic E-state index is 0.792. The summed E-state index contributed by atoms with van der Waals surface area (Å²) >= 11 is 0. The molecule has 0 aliphatic rings. The first kappa shape index (κ1) is 29.0. The molecule has 0 unspecified atom stereocenters. The normalized spacial score (nSPS) is 10.9. The monoisotopic (exact) mass is 616 g/mol. The van der Waals surface area contributed by atoms with Crippen LogP contribution in [0.2, 0.25) is 0 Å². The van der Waals surface area contributed by atoms with Crippen molar-refractivity contribution in [2.45, 2.75) is 0 Å². The van der Waals surface area contributed by atoms with Crippen molar-refractivity contribution >= 4 is 27.8 Å². The molecule has 0 bridgehead atoms. The Morgan fingerprint density at radius 2 is 0.750 bits per heavy atom. The number of fused-ring (bicyclic) bond motifs is 1. The Labute approximate surface area is 281 Å². The maximum Gasteiger partial charge on any atom is 0.127 e. The number of para-hydroxylation sites is 1. The van der Waals surface area contributed by atoms with Crippen LogP contribution in [0, 0.1) is 0 Å². The number of nitrogens with zero attached hydrogens (tertiary/aromatic N) is 2. The minimum Gasteiger partial charge on any atom is -0.457 e. The highest BCUT2D eigenvalue weighted by Crippen LogP contribution is 2.38. The number of ether oxygens (including phenoxy) is 1. The molecule has 0 saturated heterocycles. The molecule has 0 amide bonds. The summed E-state index contributed by atoms with van der Waals surface area (Å²) in [5.74, 6) is 1.61. The van der Waals surface area contributed by atoms with Crippen LogP contribution in [0.15, 0.2) is 194 Å². The van der Waals surface area contributed by atoms with Crippen molar-refractivity contribution < 1.29 is 4.74 Å². The molecule has 0 spiro atoms. The van der Waals surface area contributed by atoms with Gasteiger partial charge in [-0.1, -0.05) is 97.1 Å². The maximum absolute atomic E-state index is 6.09. The van der Waals surface area contributed by atoms with Crippen molar-refractivity contribution in [3.8, 4) is 44.9 Å². The van der Waals surface area contributed by atoms with Crippen LogP contribution >= 0.6 is 0 Å². The third-order valence-electron chi connectivity index (χ3n) is 8.62. The molecule has 1 aromatic heterocycles. The summed E-state index contributed by atoms with van der Waals surface area (Å²) < 4.78 is 6.09. The zero-order valence-corrected chi connectivity index (χ0v) is 26.3. The molecule has 0 saturated carbocycles. The van der Waals surface area contributed by atoms with Gasteiger partial charge in [-0.05, 0) is 129 Å². The van der Waals surface area contributed by atoms with E-state index in [1.54, 1.807) is 0 Å². The summed E-state index contributed by atoms with van der Waals surface area (Å²) in [7, 11) is 0. The summed E-state index contributed by atoms with van der Waals surface area (Å²) in [6, 6.07) is 63.6. The van der Waals surface area contributed by atoms with E-state index in [4.69, 9.17) is 4.74 Å². The first-order chi connectivity index (χ1) is 23.8. The highest BCUT2D eigenvalue weighted by molar-refractivity contribution is 5.91. The fourth-order valence-corrected chi connectivity index (χ4v) is 6.12. The Morgan fingerprint density at radius 1 is 0.333 bits per heavy atom. The first-order valence-electron chi connectivity index (χ1n) is 16.1. The van der Waals surface area contributed by atoms with E-state index in [-0.39, 0.29) is 0 Å². The molecule has 0 fully saturated rings. The number of pyridine rings is 1. The fraction of sp³-hybridized carbons (Fsp3) is 0. The second-order valence-corrected chi connectivity index (χ2v) is 11.7. The van der Waals surface area contributed by atoms with Gasteiger partial charge in [0.15, 0.2) is 0 Å². The molecule has 0 aliphatic carbocycles. The molecule has 228 valence electrons. The van der Waals surface area contributed by atoms with E-state index in [1.807, 2.05) is 67.0 Å². The van der Waals surface area contributed by atoms with E-state index < -0.39 is 0 Å². The first-order valence-corrected chi connectivity index (χ1v) is 16.1. The average molecular weight is 617 g/mol. The van der Waals surface area contributed by atoms with Gasteiger partial charge >= 0.3 is 0 Å².